The quantitative estimate of drug-likeness (QED) is 0.706. The Kier molecular flexibility index (Phi) is 3.19. The highest BCUT2D eigenvalue weighted by molar-refractivity contribution is 7.98. The normalized spacial score (nSPS) is 10.0. The Balaban J connectivity index is 1.96. The summed E-state index contributed by atoms with van der Waals surface area (Å²) in [6.07, 6.45) is 4.61. The molecule has 14 heavy (non-hydrogen) atoms. The summed E-state index contributed by atoms with van der Waals surface area (Å²) in [5, 5.41) is 0. The van der Waals surface area contributed by atoms with Gasteiger partial charge in [0.15, 0.2) is 0 Å². The first-order valence-electron chi connectivity index (χ1n) is 4.44. The minimum atomic E-state index is 0.993. The van der Waals surface area contributed by atoms with Crippen molar-refractivity contribution < 1.29 is 0 Å². The van der Waals surface area contributed by atoms with Crippen LogP contribution < -0.4 is 0 Å². The van der Waals surface area contributed by atoms with E-state index in [1.165, 1.54) is 10.5 Å². The van der Waals surface area contributed by atoms with Crippen LogP contribution in [-0.4, -0.2) is 4.98 Å². The standard InChI is InChI=1S/C12H10NS/c1-2-5-11(6-3-1)10-14-12-7-4-8-13-9-12/h1-7,9H,10H2. The van der Waals surface area contributed by atoms with E-state index in [2.05, 4.69) is 35.4 Å². The van der Waals surface area contributed by atoms with E-state index in [-0.39, 0.29) is 0 Å². The lowest BCUT2D eigenvalue weighted by molar-refractivity contribution is 1.22. The van der Waals surface area contributed by atoms with Crippen molar-refractivity contribution in [1.29, 1.82) is 0 Å². The monoisotopic (exact) mass is 200 g/mol. The number of pyridine rings is 1. The Labute approximate surface area is 88.2 Å². The molecule has 0 aliphatic rings. The number of hydrogen-bond donors (Lipinski definition) is 0. The van der Waals surface area contributed by atoms with E-state index in [1.807, 2.05) is 24.4 Å². The summed E-state index contributed by atoms with van der Waals surface area (Å²) in [5.74, 6) is 0.993. The second-order valence-corrected chi connectivity index (χ2v) is 3.95. The van der Waals surface area contributed by atoms with Crippen LogP contribution in [0.4, 0.5) is 0 Å². The van der Waals surface area contributed by atoms with Crippen LogP contribution >= 0.6 is 11.8 Å². The van der Waals surface area contributed by atoms with Crippen LogP contribution in [0.2, 0.25) is 0 Å². The molecule has 2 rings (SSSR count). The van der Waals surface area contributed by atoms with Crippen LogP contribution in [0.1, 0.15) is 5.56 Å². The molecule has 1 aromatic heterocycles. The highest BCUT2D eigenvalue weighted by Crippen LogP contribution is 2.20. The second kappa shape index (κ2) is 4.82. The molecule has 0 amide bonds. The number of rotatable bonds is 3. The Hall–Kier alpha value is -1.28. The van der Waals surface area contributed by atoms with Crippen molar-refractivity contribution in [3.05, 3.63) is 60.4 Å². The molecule has 0 atom stereocenters. The minimum Gasteiger partial charge on any atom is -0.253 e. The van der Waals surface area contributed by atoms with Crippen LogP contribution in [0.25, 0.3) is 0 Å². The third kappa shape index (κ3) is 2.60. The van der Waals surface area contributed by atoms with E-state index in [1.54, 1.807) is 11.8 Å². The summed E-state index contributed by atoms with van der Waals surface area (Å²) in [7, 11) is 0. The van der Waals surface area contributed by atoms with Crippen molar-refractivity contribution in [1.82, 2.24) is 4.98 Å². The molecule has 1 radical (unpaired) electrons. The van der Waals surface area contributed by atoms with Crippen molar-refractivity contribution in [2.75, 3.05) is 0 Å². The van der Waals surface area contributed by atoms with Gasteiger partial charge >= 0.3 is 0 Å². The fourth-order valence-corrected chi connectivity index (χ4v) is 1.95. The summed E-state index contributed by atoms with van der Waals surface area (Å²) in [4.78, 5) is 5.14. The van der Waals surface area contributed by atoms with Crippen LogP contribution in [-0.2, 0) is 5.75 Å². The van der Waals surface area contributed by atoms with E-state index in [9.17, 15) is 0 Å². The molecule has 0 N–H and O–H groups in total. The van der Waals surface area contributed by atoms with Gasteiger partial charge in [0.25, 0.3) is 0 Å². The van der Waals surface area contributed by atoms with Crippen LogP contribution in [0.15, 0.2) is 53.6 Å². The van der Waals surface area contributed by atoms with Gasteiger partial charge in [0, 0.05) is 16.8 Å². The van der Waals surface area contributed by atoms with E-state index >= 15 is 0 Å². The van der Waals surface area contributed by atoms with Crippen molar-refractivity contribution in [2.24, 2.45) is 0 Å². The first-order valence-corrected chi connectivity index (χ1v) is 5.42. The second-order valence-electron chi connectivity index (χ2n) is 2.90. The first-order chi connectivity index (χ1) is 6.95. The number of aromatic nitrogens is 1. The van der Waals surface area contributed by atoms with Gasteiger partial charge in [-0.15, -0.1) is 11.8 Å². The number of nitrogens with zero attached hydrogens (tertiary/aromatic N) is 1. The van der Waals surface area contributed by atoms with Crippen molar-refractivity contribution in [3.8, 4) is 0 Å². The third-order valence-corrected chi connectivity index (χ3v) is 2.89. The maximum Gasteiger partial charge on any atom is 0.0886 e. The van der Waals surface area contributed by atoms with Gasteiger partial charge in [0.05, 0.1) is 6.20 Å². The maximum atomic E-state index is 3.95. The Morgan fingerprint density at radius 1 is 1.14 bits per heavy atom. The molecule has 0 saturated heterocycles. The van der Waals surface area contributed by atoms with Gasteiger partial charge in [-0.25, -0.2) is 0 Å². The fraction of sp³-hybridized carbons (Fsp3) is 0.0833. The SMILES string of the molecule is [c]1ccc(SCc2ccccc2)cn1. The molecular formula is C12H10NS. The summed E-state index contributed by atoms with van der Waals surface area (Å²) in [5.41, 5.74) is 1.34. The molecule has 0 aliphatic carbocycles. The number of hydrogen-bond acceptors (Lipinski definition) is 2. The molecule has 0 unspecified atom stereocenters. The van der Waals surface area contributed by atoms with Crippen molar-refractivity contribution >= 4 is 11.8 Å². The van der Waals surface area contributed by atoms with Gasteiger partial charge in [-0.3, -0.25) is 4.98 Å². The van der Waals surface area contributed by atoms with Gasteiger partial charge in [-0.05, 0) is 17.7 Å². The summed E-state index contributed by atoms with van der Waals surface area (Å²) < 4.78 is 0. The molecule has 0 spiro atoms. The molecule has 1 nitrogen and oxygen atoms in total. The van der Waals surface area contributed by atoms with Crippen molar-refractivity contribution in [3.63, 3.8) is 0 Å². The van der Waals surface area contributed by atoms with E-state index < -0.39 is 0 Å². The zero-order chi connectivity index (χ0) is 9.64. The Bertz CT molecular complexity index is 333. The van der Waals surface area contributed by atoms with E-state index in [4.69, 9.17) is 0 Å². The predicted octanol–water partition coefficient (Wildman–Crippen LogP) is 3.17. The summed E-state index contributed by atoms with van der Waals surface area (Å²) >= 11 is 1.79. The Morgan fingerprint density at radius 2 is 2.00 bits per heavy atom. The van der Waals surface area contributed by atoms with Gasteiger partial charge in [-0.1, -0.05) is 30.3 Å². The van der Waals surface area contributed by atoms with Gasteiger partial charge < -0.3 is 0 Å². The lowest BCUT2D eigenvalue weighted by Crippen LogP contribution is -1.79. The highest BCUT2D eigenvalue weighted by Gasteiger charge is 1.94. The number of thioether (sulfide) groups is 1. The van der Waals surface area contributed by atoms with E-state index in [0.717, 1.165) is 5.75 Å². The van der Waals surface area contributed by atoms with Crippen LogP contribution in [0.5, 0.6) is 0 Å². The first kappa shape index (κ1) is 9.28. The van der Waals surface area contributed by atoms with Crippen LogP contribution in [0.3, 0.4) is 0 Å². The average Bonchev–Trinajstić information content (AvgIpc) is 2.29. The molecule has 2 aromatic rings. The fourth-order valence-electron chi connectivity index (χ4n) is 1.13. The molecule has 0 saturated carbocycles. The molecular weight excluding hydrogens is 190 g/mol. The molecule has 1 heterocycles. The van der Waals surface area contributed by atoms with Crippen LogP contribution in [0, 0.1) is 6.20 Å². The van der Waals surface area contributed by atoms with Crippen molar-refractivity contribution in [2.45, 2.75) is 10.6 Å². The zero-order valence-corrected chi connectivity index (χ0v) is 8.50. The third-order valence-electron chi connectivity index (χ3n) is 1.84. The Morgan fingerprint density at radius 3 is 2.71 bits per heavy atom. The molecule has 1 aromatic carbocycles. The largest absolute Gasteiger partial charge is 0.253 e. The molecule has 69 valence electrons. The molecule has 0 bridgehead atoms. The lowest BCUT2D eigenvalue weighted by Gasteiger charge is -2.00. The van der Waals surface area contributed by atoms with E-state index in [0.29, 0.717) is 0 Å². The lowest BCUT2D eigenvalue weighted by atomic mass is 10.2. The predicted molar refractivity (Wildman–Crippen MR) is 59.1 cm³/mol. The smallest absolute Gasteiger partial charge is 0.0886 e. The summed E-state index contributed by atoms with van der Waals surface area (Å²) in [6, 6.07) is 14.3. The zero-order valence-electron chi connectivity index (χ0n) is 7.68. The van der Waals surface area contributed by atoms with Gasteiger partial charge in [0.1, 0.15) is 0 Å². The topological polar surface area (TPSA) is 12.9 Å². The van der Waals surface area contributed by atoms with Gasteiger partial charge in [0.2, 0.25) is 0 Å². The minimum absolute atomic E-state index is 0.993. The number of benzene rings is 1. The maximum absolute atomic E-state index is 3.95. The van der Waals surface area contributed by atoms with Gasteiger partial charge in [-0.2, -0.15) is 0 Å². The average molecular weight is 200 g/mol. The summed E-state index contributed by atoms with van der Waals surface area (Å²) in [6.45, 7) is 0. The molecule has 0 fully saturated rings. The highest BCUT2D eigenvalue weighted by atomic mass is 32.2. The molecule has 0 aliphatic heterocycles. The molecule has 2 heteroatoms.